The Kier molecular flexibility index (Phi) is 6.65. The number of halogens is 1. The molecule has 0 radical (unpaired) electrons. The van der Waals surface area contributed by atoms with Crippen LogP contribution in [0.5, 0.6) is 0 Å². The number of ether oxygens (including phenoxy) is 1. The van der Waals surface area contributed by atoms with Crippen molar-refractivity contribution in [3.05, 3.63) is 70.5 Å². The minimum atomic E-state index is -0.501. The first-order valence-corrected chi connectivity index (χ1v) is 13.2. The van der Waals surface area contributed by atoms with E-state index in [4.69, 9.17) is 4.74 Å². The summed E-state index contributed by atoms with van der Waals surface area (Å²) in [6, 6.07) is 12.3. The maximum Gasteiger partial charge on any atom is 0.255 e. The van der Waals surface area contributed by atoms with Gasteiger partial charge in [0.05, 0.1) is 25.0 Å². The Hall–Kier alpha value is -3.30. The molecule has 2 aromatic heterocycles. The standard InChI is InChI=1S/C28H33FN6O2/c1-32-27(36)16-25(23-8-10-30-17-24(23)29)31-28(32)35-14-15-37-26(19-35)20-4-6-21(7-5-20)34-13-9-22(18-34)33-11-2-3-12-33/h4-8,10,16-17,22,26H,2-3,9,11-15,18-19H2,1H3/t22-,26-/m1/s1. The van der Waals surface area contributed by atoms with E-state index in [-0.39, 0.29) is 17.2 Å². The zero-order chi connectivity index (χ0) is 25.4. The van der Waals surface area contributed by atoms with E-state index in [9.17, 15) is 9.18 Å². The molecule has 2 atom stereocenters. The fourth-order valence-corrected chi connectivity index (χ4v) is 5.84. The summed E-state index contributed by atoms with van der Waals surface area (Å²) >= 11 is 0. The van der Waals surface area contributed by atoms with Gasteiger partial charge in [0.25, 0.3) is 5.56 Å². The lowest BCUT2D eigenvalue weighted by atomic mass is 10.1. The zero-order valence-electron chi connectivity index (χ0n) is 21.2. The van der Waals surface area contributed by atoms with Crippen LogP contribution in [-0.4, -0.2) is 71.4 Å². The third-order valence-corrected chi connectivity index (χ3v) is 7.96. The molecule has 3 aliphatic rings. The molecule has 37 heavy (non-hydrogen) atoms. The number of aromatic nitrogens is 3. The van der Waals surface area contributed by atoms with E-state index in [2.05, 4.69) is 44.0 Å². The Morgan fingerprint density at radius 3 is 2.59 bits per heavy atom. The summed E-state index contributed by atoms with van der Waals surface area (Å²) in [7, 11) is 1.70. The zero-order valence-corrected chi connectivity index (χ0v) is 21.2. The highest BCUT2D eigenvalue weighted by Crippen LogP contribution is 2.30. The van der Waals surface area contributed by atoms with E-state index in [0.717, 1.165) is 24.8 Å². The number of anilines is 2. The first-order chi connectivity index (χ1) is 18.1. The van der Waals surface area contributed by atoms with Crippen molar-refractivity contribution in [2.45, 2.75) is 31.4 Å². The van der Waals surface area contributed by atoms with E-state index in [1.165, 1.54) is 60.9 Å². The van der Waals surface area contributed by atoms with Gasteiger partial charge in [0.2, 0.25) is 5.95 Å². The van der Waals surface area contributed by atoms with Crippen molar-refractivity contribution >= 4 is 11.6 Å². The van der Waals surface area contributed by atoms with Gasteiger partial charge in [0.1, 0.15) is 6.10 Å². The largest absolute Gasteiger partial charge is 0.370 e. The molecule has 1 aromatic carbocycles. The molecule has 5 heterocycles. The van der Waals surface area contributed by atoms with Crippen LogP contribution >= 0.6 is 0 Å². The lowest BCUT2D eigenvalue weighted by Crippen LogP contribution is -2.41. The summed E-state index contributed by atoms with van der Waals surface area (Å²) in [5.74, 6) is 0.00699. The third kappa shape index (κ3) is 4.85. The van der Waals surface area contributed by atoms with Gasteiger partial charge in [-0.05, 0) is 56.1 Å². The van der Waals surface area contributed by atoms with E-state index in [1.54, 1.807) is 7.05 Å². The van der Waals surface area contributed by atoms with Crippen LogP contribution in [-0.2, 0) is 11.8 Å². The second kappa shape index (κ2) is 10.2. The monoisotopic (exact) mass is 504 g/mol. The molecule has 0 unspecified atom stereocenters. The normalized spacial score (nSPS) is 22.6. The van der Waals surface area contributed by atoms with Crippen LogP contribution in [0.4, 0.5) is 16.0 Å². The highest BCUT2D eigenvalue weighted by atomic mass is 19.1. The van der Waals surface area contributed by atoms with Crippen molar-refractivity contribution in [1.29, 1.82) is 0 Å². The Morgan fingerprint density at radius 1 is 1.00 bits per heavy atom. The van der Waals surface area contributed by atoms with Gasteiger partial charge in [-0.1, -0.05) is 12.1 Å². The summed E-state index contributed by atoms with van der Waals surface area (Å²) in [5.41, 5.74) is 2.70. The van der Waals surface area contributed by atoms with Gasteiger partial charge in [0.15, 0.2) is 5.82 Å². The Balaban J connectivity index is 1.18. The second-order valence-electron chi connectivity index (χ2n) is 10.2. The Labute approximate surface area is 216 Å². The molecule has 3 fully saturated rings. The molecule has 3 aromatic rings. The van der Waals surface area contributed by atoms with Gasteiger partial charge in [-0.25, -0.2) is 9.37 Å². The van der Waals surface area contributed by atoms with Crippen molar-refractivity contribution in [3.8, 4) is 11.3 Å². The molecule has 0 saturated carbocycles. The van der Waals surface area contributed by atoms with E-state index >= 15 is 0 Å². The number of pyridine rings is 1. The maximum absolute atomic E-state index is 14.4. The molecular weight excluding hydrogens is 471 g/mol. The Morgan fingerprint density at radius 2 is 1.81 bits per heavy atom. The number of hydrogen-bond acceptors (Lipinski definition) is 7. The summed E-state index contributed by atoms with van der Waals surface area (Å²) in [6.45, 7) is 6.36. The molecule has 0 bridgehead atoms. The van der Waals surface area contributed by atoms with Crippen LogP contribution in [0.3, 0.4) is 0 Å². The van der Waals surface area contributed by atoms with Crippen LogP contribution in [0.15, 0.2) is 53.6 Å². The first-order valence-electron chi connectivity index (χ1n) is 13.2. The highest BCUT2D eigenvalue weighted by Gasteiger charge is 2.30. The molecule has 6 rings (SSSR count). The summed E-state index contributed by atoms with van der Waals surface area (Å²) in [4.78, 5) is 28.4. The topological polar surface area (TPSA) is 66.7 Å². The maximum atomic E-state index is 14.4. The minimum absolute atomic E-state index is 0.142. The summed E-state index contributed by atoms with van der Waals surface area (Å²) < 4.78 is 22.0. The molecule has 0 N–H and O–H groups in total. The Bertz CT molecular complexity index is 1310. The van der Waals surface area contributed by atoms with Gasteiger partial charge >= 0.3 is 0 Å². The number of morpholine rings is 1. The van der Waals surface area contributed by atoms with Crippen molar-refractivity contribution in [2.24, 2.45) is 7.05 Å². The summed E-state index contributed by atoms with van der Waals surface area (Å²) in [6.07, 6.45) is 6.39. The van der Waals surface area contributed by atoms with Crippen molar-refractivity contribution < 1.29 is 9.13 Å². The average molecular weight is 505 g/mol. The molecular formula is C28H33FN6O2. The van der Waals surface area contributed by atoms with Crippen LogP contribution in [0.1, 0.15) is 30.9 Å². The van der Waals surface area contributed by atoms with E-state index in [0.29, 0.717) is 37.4 Å². The number of hydrogen-bond donors (Lipinski definition) is 0. The number of benzene rings is 1. The molecule has 0 aliphatic carbocycles. The first kappa shape index (κ1) is 24.1. The minimum Gasteiger partial charge on any atom is -0.370 e. The number of likely N-dealkylation sites (tertiary alicyclic amines) is 1. The van der Waals surface area contributed by atoms with Crippen LogP contribution in [0.2, 0.25) is 0 Å². The molecule has 3 saturated heterocycles. The number of nitrogens with zero attached hydrogens (tertiary/aromatic N) is 6. The van der Waals surface area contributed by atoms with Gasteiger partial charge in [-0.3, -0.25) is 19.2 Å². The lowest BCUT2D eigenvalue weighted by Gasteiger charge is -2.34. The van der Waals surface area contributed by atoms with Crippen molar-refractivity contribution in [3.63, 3.8) is 0 Å². The second-order valence-corrected chi connectivity index (χ2v) is 10.2. The van der Waals surface area contributed by atoms with Crippen LogP contribution < -0.4 is 15.4 Å². The van der Waals surface area contributed by atoms with E-state index in [1.807, 2.05) is 4.90 Å². The molecule has 8 nitrogen and oxygen atoms in total. The molecule has 194 valence electrons. The number of rotatable bonds is 5. The fraction of sp³-hybridized carbons (Fsp3) is 0.464. The van der Waals surface area contributed by atoms with Gasteiger partial charge in [0, 0.05) is 56.2 Å². The molecule has 3 aliphatic heterocycles. The summed E-state index contributed by atoms with van der Waals surface area (Å²) in [5, 5.41) is 0. The van der Waals surface area contributed by atoms with Gasteiger partial charge in [-0.15, -0.1) is 0 Å². The highest BCUT2D eigenvalue weighted by molar-refractivity contribution is 5.60. The quantitative estimate of drug-likeness (QED) is 0.529. The third-order valence-electron chi connectivity index (χ3n) is 7.96. The fourth-order valence-electron chi connectivity index (χ4n) is 5.84. The van der Waals surface area contributed by atoms with Crippen LogP contribution in [0, 0.1) is 5.82 Å². The van der Waals surface area contributed by atoms with Crippen molar-refractivity contribution in [1.82, 2.24) is 19.4 Å². The van der Waals surface area contributed by atoms with Gasteiger partial charge in [-0.2, -0.15) is 0 Å². The molecule has 0 amide bonds. The van der Waals surface area contributed by atoms with Gasteiger partial charge < -0.3 is 14.5 Å². The smallest absolute Gasteiger partial charge is 0.255 e. The SMILES string of the molecule is Cn1c(N2CCO[C@@H](c3ccc(N4CC[C@@H](N5CCCC5)C4)cc3)C2)nc(-c2ccncc2F)cc1=O. The predicted molar refractivity (Wildman–Crippen MR) is 141 cm³/mol. The van der Waals surface area contributed by atoms with E-state index < -0.39 is 5.82 Å². The molecule has 0 spiro atoms. The lowest BCUT2D eigenvalue weighted by molar-refractivity contribution is 0.0390. The average Bonchev–Trinajstić information content (AvgIpc) is 3.63. The van der Waals surface area contributed by atoms with Crippen LogP contribution in [0.25, 0.3) is 11.3 Å². The molecule has 9 heteroatoms. The van der Waals surface area contributed by atoms with Crippen molar-refractivity contribution in [2.75, 3.05) is 55.7 Å². The predicted octanol–water partition coefficient (Wildman–Crippen LogP) is 3.23.